The number of nitrogens with one attached hydrogen (secondary N) is 1. The smallest absolute Gasteiger partial charge is 0.338 e. The number of amides is 1. The Kier molecular flexibility index (Phi) is 4.27. The van der Waals surface area contributed by atoms with Crippen molar-refractivity contribution < 1.29 is 19.4 Å². The van der Waals surface area contributed by atoms with Gasteiger partial charge in [0.05, 0.1) is 12.2 Å². The molecular weight excluding hydrogens is 286 g/mol. The molecule has 1 amide bonds. The van der Waals surface area contributed by atoms with E-state index in [1.165, 1.54) is 13.3 Å². The van der Waals surface area contributed by atoms with Crippen LogP contribution in [-0.2, 0) is 16.1 Å². The molecule has 1 atom stereocenters. The van der Waals surface area contributed by atoms with E-state index in [1.807, 2.05) is 13.8 Å². The van der Waals surface area contributed by atoms with Gasteiger partial charge in [-0.3, -0.25) is 9.78 Å². The van der Waals surface area contributed by atoms with Crippen molar-refractivity contribution in [3.63, 3.8) is 0 Å². The number of hydrogen-bond donors (Lipinski definition) is 2. The standard InChI is InChI=1S/C15H19N3O4/c1-8(2)15(3)14(21)17-12(18-15)11-10(13(19)20)9(7-22-4)5-6-16-11/h5-6,8H,7H2,1-4H3,(H,19,20)(H,17,18,21)/t15-/m0/s1. The number of carboxylic acids is 1. The molecule has 0 saturated heterocycles. The average molecular weight is 305 g/mol. The van der Waals surface area contributed by atoms with Crippen LogP contribution in [0.5, 0.6) is 0 Å². The van der Waals surface area contributed by atoms with Gasteiger partial charge in [-0.05, 0) is 24.5 Å². The topological polar surface area (TPSA) is 101 Å². The Hall–Kier alpha value is -2.28. The van der Waals surface area contributed by atoms with E-state index >= 15 is 0 Å². The molecule has 118 valence electrons. The van der Waals surface area contributed by atoms with E-state index < -0.39 is 11.5 Å². The maximum atomic E-state index is 12.2. The second kappa shape index (κ2) is 5.84. The number of hydrogen-bond acceptors (Lipinski definition) is 5. The summed E-state index contributed by atoms with van der Waals surface area (Å²) < 4.78 is 5.02. The summed E-state index contributed by atoms with van der Waals surface area (Å²) in [4.78, 5) is 32.3. The molecule has 22 heavy (non-hydrogen) atoms. The number of rotatable bonds is 5. The number of methoxy groups -OCH3 is 1. The Labute approximate surface area is 128 Å². The zero-order valence-corrected chi connectivity index (χ0v) is 13.0. The molecule has 0 aliphatic carbocycles. The lowest BCUT2D eigenvalue weighted by atomic mass is 9.89. The number of carboxylic acid groups (broad SMARTS) is 1. The second-order valence-corrected chi connectivity index (χ2v) is 5.65. The Morgan fingerprint density at radius 3 is 2.68 bits per heavy atom. The van der Waals surface area contributed by atoms with Crippen molar-refractivity contribution in [2.24, 2.45) is 10.9 Å². The van der Waals surface area contributed by atoms with Crippen LogP contribution < -0.4 is 5.32 Å². The minimum atomic E-state index is -1.13. The van der Waals surface area contributed by atoms with Crippen LogP contribution in [0.2, 0.25) is 0 Å². The number of pyridine rings is 1. The summed E-state index contributed by atoms with van der Waals surface area (Å²) >= 11 is 0. The number of ether oxygens (including phenoxy) is 1. The summed E-state index contributed by atoms with van der Waals surface area (Å²) in [6.07, 6.45) is 1.48. The van der Waals surface area contributed by atoms with Crippen LogP contribution in [0.15, 0.2) is 17.3 Å². The normalized spacial score (nSPS) is 21.0. The average Bonchev–Trinajstić information content (AvgIpc) is 2.76. The fraction of sp³-hybridized carbons (Fsp3) is 0.467. The van der Waals surface area contributed by atoms with Crippen LogP contribution in [0.4, 0.5) is 0 Å². The Bertz CT molecular complexity index is 654. The molecule has 1 aliphatic heterocycles. The molecule has 2 N–H and O–H groups in total. The van der Waals surface area contributed by atoms with Gasteiger partial charge in [-0.1, -0.05) is 13.8 Å². The molecule has 2 rings (SSSR count). The van der Waals surface area contributed by atoms with Gasteiger partial charge < -0.3 is 15.2 Å². The zero-order chi connectivity index (χ0) is 16.5. The molecular formula is C15H19N3O4. The molecule has 0 bridgehead atoms. The summed E-state index contributed by atoms with van der Waals surface area (Å²) in [5.41, 5.74) is -0.296. The second-order valence-electron chi connectivity index (χ2n) is 5.65. The highest BCUT2D eigenvalue weighted by Gasteiger charge is 2.43. The molecule has 0 aromatic carbocycles. The van der Waals surface area contributed by atoms with Crippen LogP contribution in [0.3, 0.4) is 0 Å². The molecule has 1 aliphatic rings. The van der Waals surface area contributed by atoms with E-state index in [0.29, 0.717) is 5.56 Å². The summed E-state index contributed by atoms with van der Waals surface area (Å²) in [5, 5.41) is 12.1. The fourth-order valence-electron chi connectivity index (χ4n) is 2.24. The highest BCUT2D eigenvalue weighted by molar-refractivity contribution is 6.17. The van der Waals surface area contributed by atoms with Gasteiger partial charge in [0, 0.05) is 13.3 Å². The number of amidine groups is 1. The van der Waals surface area contributed by atoms with Crippen LogP contribution >= 0.6 is 0 Å². The third kappa shape index (κ3) is 2.59. The summed E-state index contributed by atoms with van der Waals surface area (Å²) in [6, 6.07) is 1.58. The number of carbonyl (C=O) groups is 2. The fourth-order valence-corrected chi connectivity index (χ4v) is 2.24. The van der Waals surface area contributed by atoms with E-state index in [1.54, 1.807) is 13.0 Å². The van der Waals surface area contributed by atoms with Gasteiger partial charge in [0.15, 0.2) is 5.84 Å². The SMILES string of the molecule is COCc1ccnc(C2=N[C@@](C)(C(C)C)C(=O)N2)c1C(=O)O. The van der Waals surface area contributed by atoms with E-state index in [9.17, 15) is 14.7 Å². The number of aromatic carboxylic acids is 1. The molecule has 1 aromatic rings. The Balaban J connectivity index is 2.57. The first-order valence-corrected chi connectivity index (χ1v) is 6.93. The van der Waals surface area contributed by atoms with Gasteiger partial charge in [0.2, 0.25) is 0 Å². The predicted molar refractivity (Wildman–Crippen MR) is 79.8 cm³/mol. The number of carbonyl (C=O) groups excluding carboxylic acids is 1. The molecule has 7 heteroatoms. The Morgan fingerprint density at radius 2 is 2.18 bits per heavy atom. The van der Waals surface area contributed by atoms with Crippen molar-refractivity contribution in [2.75, 3.05) is 7.11 Å². The van der Waals surface area contributed by atoms with Crippen LogP contribution in [0.1, 0.15) is 42.4 Å². The first-order valence-electron chi connectivity index (χ1n) is 6.93. The van der Waals surface area contributed by atoms with Gasteiger partial charge in [-0.25, -0.2) is 9.79 Å². The molecule has 2 heterocycles. The molecule has 0 unspecified atom stereocenters. The van der Waals surface area contributed by atoms with Crippen LogP contribution in [0.25, 0.3) is 0 Å². The first-order chi connectivity index (χ1) is 10.3. The van der Waals surface area contributed by atoms with Gasteiger partial charge in [0.25, 0.3) is 5.91 Å². The lowest BCUT2D eigenvalue weighted by Gasteiger charge is -2.21. The van der Waals surface area contributed by atoms with E-state index in [4.69, 9.17) is 4.74 Å². The monoisotopic (exact) mass is 305 g/mol. The van der Waals surface area contributed by atoms with Crippen LogP contribution in [-0.4, -0.2) is 40.5 Å². The molecule has 0 saturated carbocycles. The summed E-state index contributed by atoms with van der Waals surface area (Å²) in [7, 11) is 1.48. The molecule has 1 aromatic heterocycles. The largest absolute Gasteiger partial charge is 0.478 e. The lowest BCUT2D eigenvalue weighted by molar-refractivity contribution is -0.124. The van der Waals surface area contributed by atoms with Gasteiger partial charge in [-0.2, -0.15) is 0 Å². The van der Waals surface area contributed by atoms with Crippen molar-refractivity contribution in [3.05, 3.63) is 29.1 Å². The highest BCUT2D eigenvalue weighted by Crippen LogP contribution is 2.27. The third-order valence-electron chi connectivity index (χ3n) is 3.94. The third-order valence-corrected chi connectivity index (χ3v) is 3.94. The van der Waals surface area contributed by atoms with Gasteiger partial charge in [-0.15, -0.1) is 0 Å². The number of nitrogens with zero attached hydrogens (tertiary/aromatic N) is 2. The minimum Gasteiger partial charge on any atom is -0.478 e. The van der Waals surface area contributed by atoms with Crippen molar-refractivity contribution in [1.82, 2.24) is 10.3 Å². The molecule has 0 spiro atoms. The first kappa shape index (κ1) is 16.1. The molecule has 0 fully saturated rings. The summed E-state index contributed by atoms with van der Waals surface area (Å²) in [6.45, 7) is 5.64. The van der Waals surface area contributed by atoms with Crippen LogP contribution in [0, 0.1) is 5.92 Å². The summed E-state index contributed by atoms with van der Waals surface area (Å²) in [5.74, 6) is -1.23. The minimum absolute atomic E-state index is 0.00333. The van der Waals surface area contributed by atoms with Gasteiger partial charge >= 0.3 is 5.97 Å². The maximum Gasteiger partial charge on any atom is 0.338 e. The number of aliphatic imine (C=N–C) groups is 1. The molecule has 0 radical (unpaired) electrons. The maximum absolute atomic E-state index is 12.2. The Morgan fingerprint density at radius 1 is 1.50 bits per heavy atom. The lowest BCUT2D eigenvalue weighted by Crippen LogP contribution is -2.41. The van der Waals surface area contributed by atoms with E-state index in [2.05, 4.69) is 15.3 Å². The van der Waals surface area contributed by atoms with Crippen molar-refractivity contribution in [2.45, 2.75) is 32.9 Å². The number of aromatic nitrogens is 1. The van der Waals surface area contributed by atoms with Crippen molar-refractivity contribution in [3.8, 4) is 0 Å². The zero-order valence-electron chi connectivity index (χ0n) is 13.0. The van der Waals surface area contributed by atoms with E-state index in [-0.39, 0.29) is 35.5 Å². The van der Waals surface area contributed by atoms with Crippen molar-refractivity contribution in [1.29, 1.82) is 0 Å². The van der Waals surface area contributed by atoms with Gasteiger partial charge in [0.1, 0.15) is 11.2 Å². The van der Waals surface area contributed by atoms with E-state index in [0.717, 1.165) is 0 Å². The highest BCUT2D eigenvalue weighted by atomic mass is 16.5. The van der Waals surface area contributed by atoms with Crippen molar-refractivity contribution >= 4 is 17.7 Å². The predicted octanol–water partition coefficient (Wildman–Crippen LogP) is 1.22. The quantitative estimate of drug-likeness (QED) is 0.851. The molecule has 7 nitrogen and oxygen atoms in total.